The summed E-state index contributed by atoms with van der Waals surface area (Å²) in [5, 5.41) is 10.3. The predicted molar refractivity (Wildman–Crippen MR) is 98.0 cm³/mol. The molecule has 1 aliphatic rings. The highest BCUT2D eigenvalue weighted by Crippen LogP contribution is 2.28. The van der Waals surface area contributed by atoms with Gasteiger partial charge in [-0.3, -0.25) is 4.79 Å². The maximum atomic E-state index is 12.5. The molecule has 5 nitrogen and oxygen atoms in total. The van der Waals surface area contributed by atoms with Gasteiger partial charge in [-0.25, -0.2) is 0 Å². The first-order valence-corrected chi connectivity index (χ1v) is 8.79. The van der Waals surface area contributed by atoms with Crippen molar-refractivity contribution in [2.24, 2.45) is 0 Å². The number of nitrogens with one attached hydrogen (secondary N) is 2. The lowest BCUT2D eigenvalue weighted by Gasteiger charge is -2.13. The lowest BCUT2D eigenvalue weighted by Crippen LogP contribution is -2.36. The topological polar surface area (TPSA) is 67.2 Å². The van der Waals surface area contributed by atoms with E-state index in [0.717, 1.165) is 52.7 Å². The first-order chi connectivity index (χ1) is 11.1. The van der Waals surface area contributed by atoms with Crippen molar-refractivity contribution in [1.82, 2.24) is 15.8 Å². The normalized spacial score (nSPS) is 16.7. The Balaban J connectivity index is 0.00000208. The van der Waals surface area contributed by atoms with Crippen LogP contribution in [0.3, 0.4) is 0 Å². The minimum Gasteiger partial charge on any atom is -0.361 e. The van der Waals surface area contributed by atoms with Crippen LogP contribution >= 0.6 is 24.2 Å². The average molecular weight is 368 g/mol. The Morgan fingerprint density at radius 2 is 2.21 bits per heavy atom. The van der Waals surface area contributed by atoms with E-state index < -0.39 is 0 Å². The Labute approximate surface area is 152 Å². The summed E-state index contributed by atoms with van der Waals surface area (Å²) in [6.07, 6.45) is 0.986. The van der Waals surface area contributed by atoms with Crippen LogP contribution in [0.15, 0.2) is 33.7 Å². The van der Waals surface area contributed by atoms with Crippen LogP contribution in [0.25, 0.3) is 0 Å². The second-order valence-electron chi connectivity index (χ2n) is 5.75. The van der Waals surface area contributed by atoms with Crippen LogP contribution in [-0.2, 0) is 5.75 Å². The molecule has 3 rings (SSSR count). The SMILES string of the molecule is Cc1noc(C)c1CSc1ccccc1C(=O)NC1CCNC1.Cl. The van der Waals surface area contributed by atoms with Crippen LogP contribution in [0.1, 0.15) is 33.8 Å². The number of hydrogen-bond donors (Lipinski definition) is 2. The highest BCUT2D eigenvalue weighted by molar-refractivity contribution is 7.98. The van der Waals surface area contributed by atoms with Gasteiger partial charge in [-0.05, 0) is 38.9 Å². The minimum atomic E-state index is 0. The lowest BCUT2D eigenvalue weighted by molar-refractivity contribution is 0.0937. The highest BCUT2D eigenvalue weighted by Gasteiger charge is 2.19. The third kappa shape index (κ3) is 4.32. The average Bonchev–Trinajstić information content (AvgIpc) is 3.16. The fourth-order valence-electron chi connectivity index (χ4n) is 2.68. The Kier molecular flexibility index (Phi) is 6.71. The summed E-state index contributed by atoms with van der Waals surface area (Å²) in [5.41, 5.74) is 2.75. The minimum absolute atomic E-state index is 0. The molecule has 1 aromatic heterocycles. The number of carbonyl (C=O) groups excluding carboxylic acids is 1. The summed E-state index contributed by atoms with van der Waals surface area (Å²) in [6.45, 7) is 5.67. The van der Waals surface area contributed by atoms with E-state index in [1.54, 1.807) is 11.8 Å². The maximum absolute atomic E-state index is 12.5. The van der Waals surface area contributed by atoms with Gasteiger partial charge in [0.05, 0.1) is 11.3 Å². The van der Waals surface area contributed by atoms with Crippen molar-refractivity contribution < 1.29 is 9.32 Å². The largest absolute Gasteiger partial charge is 0.361 e. The summed E-state index contributed by atoms with van der Waals surface area (Å²) >= 11 is 1.64. The fourth-order valence-corrected chi connectivity index (χ4v) is 3.88. The molecular formula is C17H22ClN3O2S. The van der Waals surface area contributed by atoms with Gasteiger partial charge in [-0.15, -0.1) is 24.2 Å². The Hall–Kier alpha value is -1.50. The molecule has 130 valence electrons. The molecule has 1 atom stereocenters. The molecule has 0 spiro atoms. The number of halogens is 1. The number of thioether (sulfide) groups is 1. The van der Waals surface area contributed by atoms with E-state index in [-0.39, 0.29) is 24.4 Å². The van der Waals surface area contributed by atoms with E-state index in [1.165, 1.54) is 0 Å². The molecule has 0 aliphatic carbocycles. The number of amides is 1. The molecule has 2 N–H and O–H groups in total. The second kappa shape index (κ2) is 8.55. The molecule has 7 heteroatoms. The van der Waals surface area contributed by atoms with Gasteiger partial charge in [0.1, 0.15) is 5.76 Å². The van der Waals surface area contributed by atoms with Crippen molar-refractivity contribution in [3.8, 4) is 0 Å². The van der Waals surface area contributed by atoms with Crippen LogP contribution in [0.4, 0.5) is 0 Å². The molecule has 0 radical (unpaired) electrons. The van der Waals surface area contributed by atoms with E-state index in [9.17, 15) is 4.79 Å². The van der Waals surface area contributed by atoms with E-state index in [1.807, 2.05) is 38.1 Å². The van der Waals surface area contributed by atoms with Gasteiger partial charge in [-0.1, -0.05) is 17.3 Å². The third-order valence-corrected chi connectivity index (χ3v) is 5.18. The smallest absolute Gasteiger partial charge is 0.252 e. The standard InChI is InChI=1S/C17H21N3O2S.ClH/c1-11-15(12(2)22-20-11)10-23-16-6-4-3-5-14(16)17(21)19-13-7-8-18-9-13;/h3-6,13,18H,7-10H2,1-2H3,(H,19,21);1H. The Bertz CT molecular complexity index is 679. The van der Waals surface area contributed by atoms with Crippen molar-refractivity contribution in [3.63, 3.8) is 0 Å². The zero-order valence-electron chi connectivity index (χ0n) is 13.8. The molecule has 1 fully saturated rings. The monoisotopic (exact) mass is 367 g/mol. The Morgan fingerprint density at radius 3 is 2.88 bits per heavy atom. The first kappa shape index (κ1) is 18.8. The molecular weight excluding hydrogens is 346 g/mol. The fraction of sp³-hybridized carbons (Fsp3) is 0.412. The zero-order valence-corrected chi connectivity index (χ0v) is 15.4. The maximum Gasteiger partial charge on any atom is 0.252 e. The molecule has 1 saturated heterocycles. The molecule has 0 saturated carbocycles. The van der Waals surface area contributed by atoms with Gasteiger partial charge in [0.15, 0.2) is 0 Å². The van der Waals surface area contributed by atoms with Crippen molar-refractivity contribution in [2.75, 3.05) is 13.1 Å². The molecule has 1 aliphatic heterocycles. The molecule has 1 aromatic carbocycles. The predicted octanol–water partition coefficient (Wildman–Crippen LogP) is 3.10. The number of nitrogens with zero attached hydrogens (tertiary/aromatic N) is 1. The van der Waals surface area contributed by atoms with Gasteiger partial charge in [0.2, 0.25) is 0 Å². The van der Waals surface area contributed by atoms with Crippen molar-refractivity contribution >= 4 is 30.1 Å². The van der Waals surface area contributed by atoms with Crippen molar-refractivity contribution in [1.29, 1.82) is 0 Å². The summed E-state index contributed by atoms with van der Waals surface area (Å²) in [7, 11) is 0. The van der Waals surface area contributed by atoms with E-state index in [2.05, 4.69) is 15.8 Å². The van der Waals surface area contributed by atoms with Crippen LogP contribution in [0.2, 0.25) is 0 Å². The second-order valence-corrected chi connectivity index (χ2v) is 6.77. The van der Waals surface area contributed by atoms with Crippen LogP contribution in [-0.4, -0.2) is 30.2 Å². The summed E-state index contributed by atoms with van der Waals surface area (Å²) < 4.78 is 5.20. The van der Waals surface area contributed by atoms with E-state index in [0.29, 0.717) is 0 Å². The van der Waals surface area contributed by atoms with E-state index >= 15 is 0 Å². The number of carbonyl (C=O) groups is 1. The van der Waals surface area contributed by atoms with Crippen LogP contribution < -0.4 is 10.6 Å². The van der Waals surface area contributed by atoms with Crippen LogP contribution in [0, 0.1) is 13.8 Å². The Morgan fingerprint density at radius 1 is 1.42 bits per heavy atom. The number of hydrogen-bond acceptors (Lipinski definition) is 5. The van der Waals surface area contributed by atoms with Gasteiger partial charge in [0, 0.05) is 28.8 Å². The molecule has 1 unspecified atom stereocenters. The molecule has 0 bridgehead atoms. The number of aryl methyl sites for hydroxylation is 2. The van der Waals surface area contributed by atoms with Gasteiger partial charge < -0.3 is 15.2 Å². The van der Waals surface area contributed by atoms with E-state index in [4.69, 9.17) is 4.52 Å². The third-order valence-electron chi connectivity index (χ3n) is 4.08. The number of aromatic nitrogens is 1. The highest BCUT2D eigenvalue weighted by atomic mass is 35.5. The lowest BCUT2D eigenvalue weighted by atomic mass is 10.2. The number of rotatable bonds is 5. The van der Waals surface area contributed by atoms with Gasteiger partial charge in [-0.2, -0.15) is 0 Å². The summed E-state index contributed by atoms with van der Waals surface area (Å²) in [4.78, 5) is 13.5. The van der Waals surface area contributed by atoms with Crippen molar-refractivity contribution in [2.45, 2.75) is 37.0 Å². The molecule has 2 aromatic rings. The zero-order chi connectivity index (χ0) is 16.2. The number of benzene rings is 1. The summed E-state index contributed by atoms with van der Waals surface area (Å²) in [5.74, 6) is 1.59. The van der Waals surface area contributed by atoms with Gasteiger partial charge in [0.25, 0.3) is 5.91 Å². The van der Waals surface area contributed by atoms with Gasteiger partial charge >= 0.3 is 0 Å². The quantitative estimate of drug-likeness (QED) is 0.795. The van der Waals surface area contributed by atoms with Crippen LogP contribution in [0.5, 0.6) is 0 Å². The molecule has 1 amide bonds. The first-order valence-electron chi connectivity index (χ1n) is 7.80. The molecule has 24 heavy (non-hydrogen) atoms. The summed E-state index contributed by atoms with van der Waals surface area (Å²) in [6, 6.07) is 7.96. The van der Waals surface area contributed by atoms with Crippen molar-refractivity contribution in [3.05, 3.63) is 46.8 Å². The molecule has 2 heterocycles.